The van der Waals surface area contributed by atoms with Crippen molar-refractivity contribution in [1.29, 1.82) is 0 Å². The van der Waals surface area contributed by atoms with Crippen LogP contribution in [0.15, 0.2) is 84.9 Å². The van der Waals surface area contributed by atoms with Crippen LogP contribution in [-0.2, 0) is 16.0 Å². The Morgan fingerprint density at radius 3 is 2.12 bits per heavy atom. The van der Waals surface area contributed by atoms with Gasteiger partial charge >= 0.3 is 6.03 Å². The molecule has 0 radical (unpaired) electrons. The van der Waals surface area contributed by atoms with E-state index >= 15 is 0 Å². The van der Waals surface area contributed by atoms with Crippen molar-refractivity contribution in [3.63, 3.8) is 0 Å². The first-order valence-electron chi connectivity index (χ1n) is 10.9. The van der Waals surface area contributed by atoms with Gasteiger partial charge in [0.2, 0.25) is 11.8 Å². The predicted octanol–water partition coefficient (Wildman–Crippen LogP) is 4.36. The zero-order chi connectivity index (χ0) is 23.0. The maximum Gasteiger partial charge on any atom is 0.323 e. The number of hydrogen-bond donors (Lipinski definition) is 3. The number of nitrogens with zero attached hydrogens (tertiary/aromatic N) is 1. The lowest BCUT2D eigenvalue weighted by Crippen LogP contribution is -2.30. The Morgan fingerprint density at radius 2 is 1.39 bits per heavy atom. The van der Waals surface area contributed by atoms with Crippen molar-refractivity contribution in [2.24, 2.45) is 5.92 Å². The summed E-state index contributed by atoms with van der Waals surface area (Å²) < 4.78 is 0. The molecule has 0 spiro atoms. The Balaban J connectivity index is 1.29. The van der Waals surface area contributed by atoms with E-state index in [2.05, 4.69) is 16.0 Å². The van der Waals surface area contributed by atoms with E-state index < -0.39 is 5.92 Å². The van der Waals surface area contributed by atoms with Crippen LogP contribution >= 0.6 is 0 Å². The molecule has 33 heavy (non-hydrogen) atoms. The minimum atomic E-state index is -0.397. The number of benzene rings is 3. The Hall–Kier alpha value is -4.13. The van der Waals surface area contributed by atoms with E-state index in [9.17, 15) is 14.4 Å². The Morgan fingerprint density at radius 1 is 0.788 bits per heavy atom. The molecule has 1 heterocycles. The summed E-state index contributed by atoms with van der Waals surface area (Å²) in [7, 11) is 0. The molecule has 1 aliphatic rings. The monoisotopic (exact) mass is 442 g/mol. The van der Waals surface area contributed by atoms with Gasteiger partial charge in [0, 0.05) is 36.6 Å². The number of anilines is 3. The van der Waals surface area contributed by atoms with Crippen LogP contribution in [0.2, 0.25) is 0 Å². The maximum absolute atomic E-state index is 12.8. The number of urea groups is 1. The number of para-hydroxylation sites is 1. The summed E-state index contributed by atoms with van der Waals surface area (Å²) in [6.45, 7) is 1.01. The summed E-state index contributed by atoms with van der Waals surface area (Å²) in [5, 5.41) is 8.38. The summed E-state index contributed by atoms with van der Waals surface area (Å²) in [5.41, 5.74) is 2.96. The molecule has 0 aromatic heterocycles. The van der Waals surface area contributed by atoms with Gasteiger partial charge in [0.15, 0.2) is 0 Å². The molecule has 4 amide bonds. The molecular weight excluding hydrogens is 416 g/mol. The molecule has 4 rings (SSSR count). The van der Waals surface area contributed by atoms with Gasteiger partial charge in [-0.05, 0) is 42.3 Å². The fourth-order valence-corrected chi connectivity index (χ4v) is 3.81. The van der Waals surface area contributed by atoms with Crippen molar-refractivity contribution in [2.75, 3.05) is 29.0 Å². The van der Waals surface area contributed by atoms with Gasteiger partial charge in [0.05, 0.1) is 5.92 Å². The first-order chi connectivity index (χ1) is 16.1. The van der Waals surface area contributed by atoms with Crippen molar-refractivity contribution in [3.05, 3.63) is 90.5 Å². The molecular formula is C26H26N4O3. The van der Waals surface area contributed by atoms with E-state index in [1.54, 1.807) is 41.3 Å². The van der Waals surface area contributed by atoms with Crippen LogP contribution in [0.1, 0.15) is 12.0 Å². The molecule has 0 aliphatic carbocycles. The van der Waals surface area contributed by atoms with Gasteiger partial charge in [-0.25, -0.2) is 4.79 Å². The van der Waals surface area contributed by atoms with Crippen LogP contribution in [-0.4, -0.2) is 35.8 Å². The Bertz CT molecular complexity index is 1120. The van der Waals surface area contributed by atoms with E-state index in [1.807, 2.05) is 48.5 Å². The van der Waals surface area contributed by atoms with Gasteiger partial charge in [-0.15, -0.1) is 0 Å². The van der Waals surface area contributed by atoms with Gasteiger partial charge < -0.3 is 20.9 Å². The van der Waals surface area contributed by atoms with Crippen molar-refractivity contribution >= 4 is 34.9 Å². The highest BCUT2D eigenvalue weighted by Crippen LogP contribution is 2.22. The lowest BCUT2D eigenvalue weighted by molar-refractivity contribution is -0.128. The van der Waals surface area contributed by atoms with E-state index in [4.69, 9.17) is 0 Å². The second-order valence-electron chi connectivity index (χ2n) is 7.99. The number of carbonyl (C=O) groups is 3. The summed E-state index contributed by atoms with van der Waals surface area (Å²) in [4.78, 5) is 39.1. The predicted molar refractivity (Wildman–Crippen MR) is 129 cm³/mol. The second-order valence-corrected chi connectivity index (χ2v) is 7.99. The van der Waals surface area contributed by atoms with Crippen LogP contribution in [0, 0.1) is 5.92 Å². The lowest BCUT2D eigenvalue weighted by atomic mass is 10.1. The van der Waals surface area contributed by atoms with Gasteiger partial charge in [-0.1, -0.05) is 54.6 Å². The molecule has 0 saturated carbocycles. The highest BCUT2D eigenvalue weighted by Gasteiger charge is 2.34. The minimum absolute atomic E-state index is 0.000850. The van der Waals surface area contributed by atoms with E-state index in [-0.39, 0.29) is 24.3 Å². The standard InChI is InChI=1S/C26H26N4O3/c31-24-16-20(18-30(24)15-14-19-8-3-1-4-9-19)25(32)27-22-12-7-13-23(17-22)29-26(33)28-21-10-5-2-6-11-21/h1-13,17,20H,14-16,18H2,(H,27,32)(H2,28,29,33). The number of amides is 4. The largest absolute Gasteiger partial charge is 0.342 e. The molecule has 1 unspecified atom stereocenters. The zero-order valence-corrected chi connectivity index (χ0v) is 18.2. The minimum Gasteiger partial charge on any atom is -0.342 e. The third kappa shape index (κ3) is 6.20. The van der Waals surface area contributed by atoms with Crippen molar-refractivity contribution < 1.29 is 14.4 Å². The maximum atomic E-state index is 12.8. The van der Waals surface area contributed by atoms with Crippen LogP contribution < -0.4 is 16.0 Å². The van der Waals surface area contributed by atoms with Gasteiger partial charge in [0.1, 0.15) is 0 Å². The highest BCUT2D eigenvalue weighted by atomic mass is 16.2. The van der Waals surface area contributed by atoms with E-state index in [0.717, 1.165) is 6.42 Å². The fraction of sp³-hybridized carbons (Fsp3) is 0.192. The Kier molecular flexibility index (Phi) is 6.99. The molecule has 3 aromatic rings. The van der Waals surface area contributed by atoms with Crippen molar-refractivity contribution in [2.45, 2.75) is 12.8 Å². The SMILES string of the molecule is O=C(Nc1ccccc1)Nc1cccc(NC(=O)C2CC(=O)N(CCc3ccccc3)C2)c1. The van der Waals surface area contributed by atoms with E-state index in [0.29, 0.717) is 30.2 Å². The number of likely N-dealkylation sites (tertiary alicyclic amines) is 1. The summed E-state index contributed by atoms with van der Waals surface area (Å²) in [5.74, 6) is -0.596. The second kappa shape index (κ2) is 10.5. The fourth-order valence-electron chi connectivity index (χ4n) is 3.81. The molecule has 3 N–H and O–H groups in total. The lowest BCUT2D eigenvalue weighted by Gasteiger charge is -2.16. The van der Waals surface area contributed by atoms with Gasteiger partial charge in [-0.2, -0.15) is 0 Å². The van der Waals surface area contributed by atoms with Gasteiger partial charge in [-0.3, -0.25) is 9.59 Å². The first kappa shape index (κ1) is 22.1. The first-order valence-corrected chi connectivity index (χ1v) is 10.9. The quantitative estimate of drug-likeness (QED) is 0.508. The Labute approximate surface area is 192 Å². The smallest absolute Gasteiger partial charge is 0.323 e. The third-order valence-corrected chi connectivity index (χ3v) is 5.52. The summed E-state index contributed by atoms with van der Waals surface area (Å²) in [6, 6.07) is 25.7. The van der Waals surface area contributed by atoms with Crippen LogP contribution in [0.5, 0.6) is 0 Å². The average Bonchev–Trinajstić information content (AvgIpc) is 3.20. The van der Waals surface area contributed by atoms with Gasteiger partial charge in [0.25, 0.3) is 0 Å². The van der Waals surface area contributed by atoms with Crippen molar-refractivity contribution in [1.82, 2.24) is 4.90 Å². The number of hydrogen-bond acceptors (Lipinski definition) is 3. The molecule has 1 aliphatic heterocycles. The molecule has 7 nitrogen and oxygen atoms in total. The molecule has 1 fully saturated rings. The van der Waals surface area contributed by atoms with Crippen LogP contribution in [0.3, 0.4) is 0 Å². The molecule has 3 aromatic carbocycles. The number of nitrogens with one attached hydrogen (secondary N) is 3. The summed E-state index contributed by atoms with van der Waals surface area (Å²) >= 11 is 0. The zero-order valence-electron chi connectivity index (χ0n) is 18.2. The average molecular weight is 443 g/mol. The molecule has 1 saturated heterocycles. The molecule has 0 bridgehead atoms. The molecule has 168 valence electrons. The molecule has 1 atom stereocenters. The number of carbonyl (C=O) groups excluding carboxylic acids is 3. The molecule has 7 heteroatoms. The third-order valence-electron chi connectivity index (χ3n) is 5.52. The van der Waals surface area contributed by atoms with Crippen LogP contribution in [0.4, 0.5) is 21.9 Å². The summed E-state index contributed by atoms with van der Waals surface area (Å²) in [6.07, 6.45) is 0.970. The highest BCUT2D eigenvalue weighted by molar-refractivity contribution is 6.01. The normalized spacial score (nSPS) is 15.2. The van der Waals surface area contributed by atoms with Crippen molar-refractivity contribution in [3.8, 4) is 0 Å². The topological polar surface area (TPSA) is 90.5 Å². The number of rotatable bonds is 7. The van der Waals surface area contributed by atoms with Crippen LogP contribution in [0.25, 0.3) is 0 Å². The van der Waals surface area contributed by atoms with E-state index in [1.165, 1.54) is 5.56 Å².